The van der Waals surface area contributed by atoms with Gasteiger partial charge in [0.1, 0.15) is 11.6 Å². The summed E-state index contributed by atoms with van der Waals surface area (Å²) in [4.78, 5) is 2.31. The average molecular weight is 296 g/mol. The Kier molecular flexibility index (Phi) is 5.71. The monoisotopic (exact) mass is 296 g/mol. The zero-order valence-electron chi connectivity index (χ0n) is 13.2. The molecule has 0 amide bonds. The second-order valence-corrected chi connectivity index (χ2v) is 6.37. The SMILES string of the molecule is CCCC1CNC(C(C)C)CN1Cc1cc(F)ccc1F. The van der Waals surface area contributed by atoms with Crippen LogP contribution in [0.4, 0.5) is 8.78 Å². The standard InChI is InChI=1S/C17H26F2N2/c1-4-5-15-9-20-17(12(2)3)11-21(15)10-13-8-14(18)6-7-16(13)19/h6-8,12,15,17,20H,4-5,9-11H2,1-3H3. The van der Waals surface area contributed by atoms with Crippen LogP contribution in [0.25, 0.3) is 0 Å². The number of nitrogens with zero attached hydrogens (tertiary/aromatic N) is 1. The van der Waals surface area contributed by atoms with Crippen molar-refractivity contribution in [2.75, 3.05) is 13.1 Å². The predicted octanol–water partition coefficient (Wildman–Crippen LogP) is 3.56. The highest BCUT2D eigenvalue weighted by molar-refractivity contribution is 5.19. The predicted molar refractivity (Wildman–Crippen MR) is 82.1 cm³/mol. The molecule has 0 bridgehead atoms. The molecule has 1 N–H and O–H groups in total. The molecule has 1 heterocycles. The molecule has 1 aliphatic heterocycles. The smallest absolute Gasteiger partial charge is 0.127 e. The number of piperazine rings is 1. The molecule has 2 nitrogen and oxygen atoms in total. The Morgan fingerprint density at radius 1 is 1.33 bits per heavy atom. The summed E-state index contributed by atoms with van der Waals surface area (Å²) >= 11 is 0. The number of rotatable bonds is 5. The van der Waals surface area contributed by atoms with Crippen LogP contribution in [0.3, 0.4) is 0 Å². The van der Waals surface area contributed by atoms with E-state index in [1.807, 2.05) is 0 Å². The summed E-state index contributed by atoms with van der Waals surface area (Å²) in [6.45, 7) is 8.85. The molecule has 0 aromatic heterocycles. The lowest BCUT2D eigenvalue weighted by molar-refractivity contribution is 0.0985. The molecule has 2 rings (SSSR count). The molecule has 0 radical (unpaired) electrons. The third-order valence-corrected chi connectivity index (χ3v) is 4.37. The first-order chi connectivity index (χ1) is 10.0. The first-order valence-electron chi connectivity index (χ1n) is 7.92. The van der Waals surface area contributed by atoms with Crippen LogP contribution in [0.1, 0.15) is 39.2 Å². The van der Waals surface area contributed by atoms with E-state index in [0.717, 1.165) is 25.9 Å². The second kappa shape index (κ2) is 7.32. The highest BCUT2D eigenvalue weighted by Crippen LogP contribution is 2.20. The summed E-state index contributed by atoms with van der Waals surface area (Å²) in [7, 11) is 0. The van der Waals surface area contributed by atoms with Crippen LogP contribution in [0, 0.1) is 17.6 Å². The molecule has 21 heavy (non-hydrogen) atoms. The largest absolute Gasteiger partial charge is 0.311 e. The van der Waals surface area contributed by atoms with Gasteiger partial charge in [-0.25, -0.2) is 8.78 Å². The van der Waals surface area contributed by atoms with Crippen LogP contribution in [0.5, 0.6) is 0 Å². The first kappa shape index (κ1) is 16.4. The van der Waals surface area contributed by atoms with Crippen molar-refractivity contribution < 1.29 is 8.78 Å². The molecule has 1 fully saturated rings. The second-order valence-electron chi connectivity index (χ2n) is 6.37. The molecule has 2 atom stereocenters. The topological polar surface area (TPSA) is 15.3 Å². The Balaban J connectivity index is 2.13. The summed E-state index contributed by atoms with van der Waals surface area (Å²) in [5.41, 5.74) is 0.459. The van der Waals surface area contributed by atoms with Gasteiger partial charge in [-0.2, -0.15) is 0 Å². The van der Waals surface area contributed by atoms with Gasteiger partial charge in [0.25, 0.3) is 0 Å². The minimum atomic E-state index is -0.367. The van der Waals surface area contributed by atoms with E-state index >= 15 is 0 Å². The molecule has 0 spiro atoms. The fourth-order valence-electron chi connectivity index (χ4n) is 3.02. The van der Waals surface area contributed by atoms with Crippen molar-refractivity contribution in [3.8, 4) is 0 Å². The molecule has 1 saturated heterocycles. The summed E-state index contributed by atoms with van der Waals surface area (Å²) in [6.07, 6.45) is 2.18. The number of hydrogen-bond acceptors (Lipinski definition) is 2. The van der Waals surface area contributed by atoms with Gasteiger partial charge in [-0.05, 0) is 30.5 Å². The Labute approximate surface area is 126 Å². The Morgan fingerprint density at radius 3 is 2.76 bits per heavy atom. The maximum Gasteiger partial charge on any atom is 0.127 e. The van der Waals surface area contributed by atoms with E-state index < -0.39 is 0 Å². The number of benzene rings is 1. The van der Waals surface area contributed by atoms with Crippen LogP contribution in [0.2, 0.25) is 0 Å². The average Bonchev–Trinajstić information content (AvgIpc) is 2.44. The summed E-state index contributed by atoms with van der Waals surface area (Å²) in [5.74, 6) is -0.146. The van der Waals surface area contributed by atoms with Crippen molar-refractivity contribution in [3.05, 3.63) is 35.4 Å². The molecule has 1 aromatic carbocycles. The molecule has 1 aromatic rings. The van der Waals surface area contributed by atoms with E-state index in [4.69, 9.17) is 0 Å². The van der Waals surface area contributed by atoms with Crippen LogP contribution >= 0.6 is 0 Å². The number of hydrogen-bond donors (Lipinski definition) is 1. The van der Waals surface area contributed by atoms with Gasteiger partial charge in [0.05, 0.1) is 0 Å². The van der Waals surface area contributed by atoms with E-state index in [0.29, 0.717) is 30.1 Å². The van der Waals surface area contributed by atoms with Crippen molar-refractivity contribution in [1.82, 2.24) is 10.2 Å². The van der Waals surface area contributed by atoms with Crippen LogP contribution in [0.15, 0.2) is 18.2 Å². The lowest BCUT2D eigenvalue weighted by Gasteiger charge is -2.42. The fourth-order valence-corrected chi connectivity index (χ4v) is 3.02. The normalized spacial score (nSPS) is 23.7. The Hall–Kier alpha value is -1.00. The van der Waals surface area contributed by atoms with E-state index in [9.17, 15) is 8.78 Å². The third kappa shape index (κ3) is 4.24. The highest BCUT2D eigenvalue weighted by Gasteiger charge is 2.29. The minimum Gasteiger partial charge on any atom is -0.311 e. The Bertz CT molecular complexity index is 462. The van der Waals surface area contributed by atoms with Crippen molar-refractivity contribution in [2.45, 2.75) is 52.2 Å². The van der Waals surface area contributed by atoms with Gasteiger partial charge in [-0.1, -0.05) is 27.2 Å². The molecule has 1 aliphatic rings. The molecular formula is C17H26F2N2. The zero-order valence-corrected chi connectivity index (χ0v) is 13.2. The molecule has 0 aliphatic carbocycles. The van der Waals surface area contributed by atoms with Crippen LogP contribution in [-0.2, 0) is 6.54 Å². The first-order valence-corrected chi connectivity index (χ1v) is 7.92. The van der Waals surface area contributed by atoms with Crippen molar-refractivity contribution in [2.24, 2.45) is 5.92 Å². The lowest BCUT2D eigenvalue weighted by Crippen LogP contribution is -2.57. The van der Waals surface area contributed by atoms with Gasteiger partial charge >= 0.3 is 0 Å². The number of nitrogens with one attached hydrogen (secondary N) is 1. The van der Waals surface area contributed by atoms with E-state index in [-0.39, 0.29) is 11.6 Å². The molecule has 0 saturated carbocycles. The fraction of sp³-hybridized carbons (Fsp3) is 0.647. The third-order valence-electron chi connectivity index (χ3n) is 4.37. The van der Waals surface area contributed by atoms with Gasteiger partial charge in [0, 0.05) is 37.3 Å². The summed E-state index contributed by atoms with van der Waals surface area (Å²) in [5, 5.41) is 3.59. The zero-order chi connectivity index (χ0) is 15.4. The minimum absolute atomic E-state index is 0.314. The molecule has 118 valence electrons. The van der Waals surface area contributed by atoms with Gasteiger partial charge in [0.15, 0.2) is 0 Å². The van der Waals surface area contributed by atoms with Gasteiger partial charge in [-0.3, -0.25) is 4.90 Å². The van der Waals surface area contributed by atoms with E-state index in [1.54, 1.807) is 0 Å². The van der Waals surface area contributed by atoms with Gasteiger partial charge < -0.3 is 5.32 Å². The van der Waals surface area contributed by atoms with Crippen molar-refractivity contribution >= 4 is 0 Å². The lowest BCUT2D eigenvalue weighted by atomic mass is 9.97. The van der Waals surface area contributed by atoms with Crippen LogP contribution < -0.4 is 5.32 Å². The summed E-state index contributed by atoms with van der Waals surface area (Å²) in [6, 6.07) is 4.53. The van der Waals surface area contributed by atoms with Crippen molar-refractivity contribution in [1.29, 1.82) is 0 Å². The molecule has 4 heteroatoms. The maximum atomic E-state index is 13.9. The van der Waals surface area contributed by atoms with Gasteiger partial charge in [-0.15, -0.1) is 0 Å². The van der Waals surface area contributed by atoms with Gasteiger partial charge in [0.2, 0.25) is 0 Å². The summed E-state index contributed by atoms with van der Waals surface area (Å²) < 4.78 is 27.2. The Morgan fingerprint density at radius 2 is 2.10 bits per heavy atom. The maximum absolute atomic E-state index is 13.9. The van der Waals surface area contributed by atoms with Crippen molar-refractivity contribution in [3.63, 3.8) is 0 Å². The number of halogens is 2. The highest BCUT2D eigenvalue weighted by atomic mass is 19.1. The quantitative estimate of drug-likeness (QED) is 0.893. The molecular weight excluding hydrogens is 270 g/mol. The van der Waals surface area contributed by atoms with Crippen LogP contribution in [-0.4, -0.2) is 30.1 Å². The molecule has 2 unspecified atom stereocenters. The van der Waals surface area contributed by atoms with E-state index in [2.05, 4.69) is 31.0 Å². The van der Waals surface area contributed by atoms with E-state index in [1.165, 1.54) is 18.2 Å².